The van der Waals surface area contributed by atoms with E-state index in [9.17, 15) is 14.4 Å². The van der Waals surface area contributed by atoms with Crippen molar-refractivity contribution in [3.05, 3.63) is 12.2 Å². The highest BCUT2D eigenvalue weighted by atomic mass is 16.2. The second-order valence-corrected chi connectivity index (χ2v) is 2.46. The van der Waals surface area contributed by atoms with E-state index in [4.69, 9.17) is 0 Å². The van der Waals surface area contributed by atoms with Gasteiger partial charge in [0.1, 0.15) is 0 Å². The molecule has 4 heteroatoms. The minimum Gasteiger partial charge on any atom is -0.274 e. The molecule has 0 aromatic heterocycles. The summed E-state index contributed by atoms with van der Waals surface area (Å²) in [6, 6.07) is 0. The van der Waals surface area contributed by atoms with E-state index in [0.717, 1.165) is 13.8 Å². The molecule has 0 spiro atoms. The van der Waals surface area contributed by atoms with E-state index in [2.05, 4.69) is 6.58 Å². The summed E-state index contributed by atoms with van der Waals surface area (Å²) in [6.45, 7) is 7.10. The highest BCUT2D eigenvalue weighted by Gasteiger charge is 2.22. The molecule has 0 bridgehead atoms. The molecule has 0 radical (unpaired) electrons. The Morgan fingerprint density at radius 1 is 1.00 bits per heavy atom. The zero-order chi connectivity index (χ0) is 9.89. The van der Waals surface area contributed by atoms with E-state index in [0.29, 0.717) is 4.90 Å². The van der Waals surface area contributed by atoms with Gasteiger partial charge in [0.25, 0.3) is 5.91 Å². The van der Waals surface area contributed by atoms with E-state index in [-0.39, 0.29) is 5.57 Å². The molecule has 0 aliphatic carbocycles. The Labute approximate surface area is 70.8 Å². The van der Waals surface area contributed by atoms with Crippen molar-refractivity contribution in [2.45, 2.75) is 20.8 Å². The highest BCUT2D eigenvalue weighted by Crippen LogP contribution is 1.99. The van der Waals surface area contributed by atoms with Crippen molar-refractivity contribution >= 4 is 17.7 Å². The van der Waals surface area contributed by atoms with Gasteiger partial charge in [-0.2, -0.15) is 0 Å². The summed E-state index contributed by atoms with van der Waals surface area (Å²) < 4.78 is 0. The monoisotopic (exact) mass is 169 g/mol. The molecule has 0 aliphatic heterocycles. The Kier molecular flexibility index (Phi) is 3.34. The fraction of sp³-hybridized carbons (Fsp3) is 0.375. The zero-order valence-electron chi connectivity index (χ0n) is 7.38. The van der Waals surface area contributed by atoms with Crippen LogP contribution < -0.4 is 0 Å². The number of imide groups is 3. The van der Waals surface area contributed by atoms with Crippen LogP contribution in [0.1, 0.15) is 20.8 Å². The standard InChI is InChI=1S/C8H11NO3/c1-5(2)8(12)9(6(3)10)7(4)11/h1H2,2-4H3. The minimum atomic E-state index is -0.644. The summed E-state index contributed by atoms with van der Waals surface area (Å²) in [5.74, 6) is -1.82. The average Bonchev–Trinajstić information content (AvgIpc) is 1.85. The van der Waals surface area contributed by atoms with Crippen LogP contribution in [-0.2, 0) is 14.4 Å². The van der Waals surface area contributed by atoms with Gasteiger partial charge in [0.2, 0.25) is 11.8 Å². The normalized spacial score (nSPS) is 8.92. The molecule has 0 saturated carbocycles. The fourth-order valence-corrected chi connectivity index (χ4v) is 0.699. The molecule has 0 unspecified atom stereocenters. The molecule has 0 aromatic carbocycles. The molecule has 0 aliphatic rings. The lowest BCUT2D eigenvalue weighted by molar-refractivity contribution is -0.150. The van der Waals surface area contributed by atoms with Crippen molar-refractivity contribution in [3.8, 4) is 0 Å². The SMILES string of the molecule is C=C(C)C(=O)N(C(C)=O)C(C)=O. The molecular weight excluding hydrogens is 158 g/mol. The predicted octanol–water partition coefficient (Wildman–Crippen LogP) is 0.484. The van der Waals surface area contributed by atoms with Crippen LogP contribution in [0.3, 0.4) is 0 Å². The van der Waals surface area contributed by atoms with E-state index in [1.165, 1.54) is 6.92 Å². The summed E-state index contributed by atoms with van der Waals surface area (Å²) in [6.07, 6.45) is 0. The Bertz CT molecular complexity index is 241. The Morgan fingerprint density at radius 3 is 1.42 bits per heavy atom. The number of carbonyl (C=O) groups is 3. The third kappa shape index (κ3) is 2.30. The lowest BCUT2D eigenvalue weighted by Crippen LogP contribution is -2.39. The molecule has 12 heavy (non-hydrogen) atoms. The van der Waals surface area contributed by atoms with Gasteiger partial charge in [-0.15, -0.1) is 0 Å². The topological polar surface area (TPSA) is 54.5 Å². The summed E-state index contributed by atoms with van der Waals surface area (Å²) in [5.41, 5.74) is 0.167. The number of amides is 3. The lowest BCUT2D eigenvalue weighted by atomic mass is 10.3. The van der Waals surface area contributed by atoms with Gasteiger partial charge in [-0.05, 0) is 6.92 Å². The van der Waals surface area contributed by atoms with Gasteiger partial charge >= 0.3 is 0 Å². The summed E-state index contributed by atoms with van der Waals surface area (Å²) in [5, 5.41) is 0. The summed E-state index contributed by atoms with van der Waals surface area (Å²) in [7, 11) is 0. The second kappa shape index (κ2) is 3.80. The highest BCUT2D eigenvalue weighted by molar-refractivity contribution is 6.14. The summed E-state index contributed by atoms with van der Waals surface area (Å²) in [4.78, 5) is 33.2. The third-order valence-corrected chi connectivity index (χ3v) is 1.20. The van der Waals surface area contributed by atoms with Gasteiger partial charge in [-0.3, -0.25) is 14.4 Å². The van der Waals surface area contributed by atoms with Gasteiger partial charge in [0.05, 0.1) is 0 Å². The number of nitrogens with zero attached hydrogens (tertiary/aromatic N) is 1. The first-order valence-electron chi connectivity index (χ1n) is 3.39. The van der Waals surface area contributed by atoms with Gasteiger partial charge in [-0.1, -0.05) is 6.58 Å². The fourth-order valence-electron chi connectivity index (χ4n) is 0.699. The van der Waals surface area contributed by atoms with Gasteiger partial charge in [0.15, 0.2) is 0 Å². The first kappa shape index (κ1) is 10.6. The van der Waals surface area contributed by atoms with Crippen molar-refractivity contribution < 1.29 is 14.4 Å². The van der Waals surface area contributed by atoms with Crippen LogP contribution in [0.25, 0.3) is 0 Å². The van der Waals surface area contributed by atoms with Crippen LogP contribution in [0.5, 0.6) is 0 Å². The summed E-state index contributed by atoms with van der Waals surface area (Å²) >= 11 is 0. The Hall–Kier alpha value is -1.45. The third-order valence-electron chi connectivity index (χ3n) is 1.20. The Balaban J connectivity index is 4.76. The first-order chi connectivity index (χ1) is 5.37. The van der Waals surface area contributed by atoms with Crippen LogP contribution in [0.4, 0.5) is 0 Å². The minimum absolute atomic E-state index is 0.167. The van der Waals surface area contributed by atoms with E-state index in [1.807, 2.05) is 0 Å². The molecule has 66 valence electrons. The number of carbonyl (C=O) groups excluding carboxylic acids is 3. The lowest BCUT2D eigenvalue weighted by Gasteiger charge is -2.14. The van der Waals surface area contributed by atoms with Crippen LogP contribution in [0.15, 0.2) is 12.2 Å². The molecule has 0 aromatic rings. The Morgan fingerprint density at radius 2 is 1.33 bits per heavy atom. The van der Waals surface area contributed by atoms with E-state index in [1.54, 1.807) is 0 Å². The number of rotatable bonds is 1. The zero-order valence-corrected chi connectivity index (χ0v) is 7.38. The van der Waals surface area contributed by atoms with Gasteiger partial charge in [-0.25, -0.2) is 4.90 Å². The molecule has 0 N–H and O–H groups in total. The molecule has 0 fully saturated rings. The van der Waals surface area contributed by atoms with Crippen LogP contribution in [-0.4, -0.2) is 22.6 Å². The molecule has 4 nitrogen and oxygen atoms in total. The van der Waals surface area contributed by atoms with Gasteiger partial charge in [0, 0.05) is 19.4 Å². The van der Waals surface area contributed by atoms with Crippen molar-refractivity contribution in [3.63, 3.8) is 0 Å². The largest absolute Gasteiger partial charge is 0.274 e. The molecule has 0 saturated heterocycles. The van der Waals surface area contributed by atoms with Crippen molar-refractivity contribution in [2.24, 2.45) is 0 Å². The van der Waals surface area contributed by atoms with Crippen molar-refractivity contribution in [1.82, 2.24) is 4.90 Å². The van der Waals surface area contributed by atoms with E-state index >= 15 is 0 Å². The van der Waals surface area contributed by atoms with E-state index < -0.39 is 17.7 Å². The quantitative estimate of drug-likeness (QED) is 0.536. The number of hydrogen-bond donors (Lipinski definition) is 0. The average molecular weight is 169 g/mol. The second-order valence-electron chi connectivity index (χ2n) is 2.46. The maximum Gasteiger partial charge on any atom is 0.262 e. The smallest absolute Gasteiger partial charge is 0.262 e. The van der Waals surface area contributed by atoms with Crippen molar-refractivity contribution in [1.29, 1.82) is 0 Å². The molecule has 0 rings (SSSR count). The van der Waals surface area contributed by atoms with Crippen LogP contribution in [0.2, 0.25) is 0 Å². The van der Waals surface area contributed by atoms with Crippen LogP contribution in [0, 0.1) is 0 Å². The molecule has 3 amide bonds. The molecule has 0 atom stereocenters. The molecule has 0 heterocycles. The van der Waals surface area contributed by atoms with Crippen LogP contribution >= 0.6 is 0 Å². The maximum atomic E-state index is 11.1. The number of hydrogen-bond acceptors (Lipinski definition) is 3. The first-order valence-corrected chi connectivity index (χ1v) is 3.39. The maximum absolute atomic E-state index is 11.1. The molecular formula is C8H11NO3. The van der Waals surface area contributed by atoms with Crippen molar-refractivity contribution in [2.75, 3.05) is 0 Å². The predicted molar refractivity (Wildman–Crippen MR) is 43.0 cm³/mol. The van der Waals surface area contributed by atoms with Gasteiger partial charge < -0.3 is 0 Å².